The van der Waals surface area contributed by atoms with Gasteiger partial charge in [-0.05, 0) is 29.8 Å². The molecule has 0 bridgehead atoms. The lowest BCUT2D eigenvalue weighted by Gasteiger charge is -2.26. The van der Waals surface area contributed by atoms with Crippen LogP contribution in [0.2, 0.25) is 5.02 Å². The third kappa shape index (κ3) is 3.96. The number of carbonyl (C=O) groups is 1. The molecule has 0 amide bonds. The first-order chi connectivity index (χ1) is 10.8. The fraction of sp³-hybridized carbons (Fsp3) is 0.278. The number of halogens is 1. The maximum Gasteiger partial charge on any atom is 0.223 e. The number of nitrogens with zero attached hydrogens (tertiary/aromatic N) is 1. The summed E-state index contributed by atoms with van der Waals surface area (Å²) in [6.45, 7) is 3.11. The molecule has 0 aliphatic rings. The van der Waals surface area contributed by atoms with Gasteiger partial charge >= 0.3 is 0 Å². The monoisotopic (exact) mass is 331 g/mol. The second kappa shape index (κ2) is 6.92. The largest absolute Gasteiger partial charge is 0.294 e. The van der Waals surface area contributed by atoms with E-state index < -0.39 is 11.5 Å². The van der Waals surface area contributed by atoms with Gasteiger partial charge in [0, 0.05) is 35.8 Å². The molecule has 0 unspecified atom stereocenters. The van der Waals surface area contributed by atoms with E-state index in [1.807, 2.05) is 30.3 Å². The Morgan fingerprint density at radius 1 is 1.13 bits per heavy atom. The van der Waals surface area contributed by atoms with Gasteiger partial charge in [-0.25, -0.2) is 0 Å². The molecule has 1 atom stereocenters. The van der Waals surface area contributed by atoms with Crippen LogP contribution in [0.1, 0.15) is 42.1 Å². The van der Waals surface area contributed by atoms with Crippen molar-refractivity contribution in [3.8, 4) is 0 Å². The van der Waals surface area contributed by atoms with Crippen molar-refractivity contribution in [2.24, 2.45) is 0 Å². The van der Waals surface area contributed by atoms with Gasteiger partial charge in [0.15, 0.2) is 5.78 Å². The van der Waals surface area contributed by atoms with Gasteiger partial charge in [0.1, 0.15) is 0 Å². The topological polar surface area (TPSA) is 60.2 Å². The lowest BCUT2D eigenvalue weighted by Crippen LogP contribution is -2.39. The predicted molar refractivity (Wildman–Crippen MR) is 90.7 cm³/mol. The fourth-order valence-corrected chi connectivity index (χ4v) is 2.65. The minimum atomic E-state index is -1.25. The van der Waals surface area contributed by atoms with Crippen molar-refractivity contribution in [3.05, 3.63) is 80.9 Å². The third-order valence-corrected chi connectivity index (χ3v) is 4.33. The molecule has 0 heterocycles. The number of hydrogen-bond donors (Lipinski definition) is 0. The Hall–Kier alpha value is -2.20. The van der Waals surface area contributed by atoms with Crippen molar-refractivity contribution in [1.29, 1.82) is 0 Å². The van der Waals surface area contributed by atoms with E-state index in [4.69, 9.17) is 11.6 Å². The first-order valence-corrected chi connectivity index (χ1v) is 7.68. The van der Waals surface area contributed by atoms with Crippen molar-refractivity contribution >= 4 is 17.4 Å². The van der Waals surface area contributed by atoms with Crippen LogP contribution in [-0.4, -0.2) is 16.2 Å². The van der Waals surface area contributed by atoms with Gasteiger partial charge in [-0.3, -0.25) is 14.9 Å². The average Bonchev–Trinajstić information content (AvgIpc) is 2.53. The summed E-state index contributed by atoms with van der Waals surface area (Å²) in [7, 11) is 0. The molecule has 4 nitrogen and oxygen atoms in total. The Bertz CT molecular complexity index is 696. The zero-order valence-corrected chi connectivity index (χ0v) is 13.8. The summed E-state index contributed by atoms with van der Waals surface area (Å²) < 4.78 is 0. The van der Waals surface area contributed by atoms with Gasteiger partial charge in [-0.1, -0.05) is 41.9 Å². The highest BCUT2D eigenvalue weighted by atomic mass is 35.5. The van der Waals surface area contributed by atoms with Crippen molar-refractivity contribution < 1.29 is 9.72 Å². The summed E-state index contributed by atoms with van der Waals surface area (Å²) in [6.07, 6.45) is 0.0691. The summed E-state index contributed by atoms with van der Waals surface area (Å²) in [5, 5.41) is 12.0. The molecule has 0 aromatic heterocycles. The first kappa shape index (κ1) is 17.2. The summed E-state index contributed by atoms with van der Waals surface area (Å²) >= 11 is 5.83. The van der Waals surface area contributed by atoms with E-state index in [-0.39, 0.29) is 17.1 Å². The number of benzene rings is 2. The van der Waals surface area contributed by atoms with E-state index in [2.05, 4.69) is 0 Å². The third-order valence-electron chi connectivity index (χ3n) is 4.08. The SMILES string of the molecule is CC(C)([C@@H](CC(=O)c1ccc(Cl)cc1)c1ccccc1)[N+](=O)[O-]. The molecule has 0 spiro atoms. The minimum absolute atomic E-state index is 0.0691. The molecule has 120 valence electrons. The summed E-state index contributed by atoms with van der Waals surface area (Å²) in [4.78, 5) is 23.7. The molecule has 0 saturated carbocycles. The summed E-state index contributed by atoms with van der Waals surface area (Å²) in [5.41, 5.74) is 0.0506. The first-order valence-electron chi connectivity index (χ1n) is 7.30. The van der Waals surface area contributed by atoms with Crippen LogP contribution >= 0.6 is 11.6 Å². The molecule has 0 N–H and O–H groups in total. The average molecular weight is 332 g/mol. The number of nitro groups is 1. The summed E-state index contributed by atoms with van der Waals surface area (Å²) in [5.74, 6) is -0.646. The Labute approximate surface area is 140 Å². The van der Waals surface area contributed by atoms with Crippen LogP contribution in [-0.2, 0) is 0 Å². The van der Waals surface area contributed by atoms with Crippen molar-refractivity contribution in [2.45, 2.75) is 31.7 Å². The molecule has 23 heavy (non-hydrogen) atoms. The van der Waals surface area contributed by atoms with E-state index in [0.717, 1.165) is 5.56 Å². The number of hydrogen-bond acceptors (Lipinski definition) is 3. The van der Waals surface area contributed by atoms with Crippen LogP contribution in [0.5, 0.6) is 0 Å². The zero-order chi connectivity index (χ0) is 17.0. The molecule has 0 saturated heterocycles. The van der Waals surface area contributed by atoms with Crippen molar-refractivity contribution in [3.63, 3.8) is 0 Å². The van der Waals surface area contributed by atoms with Crippen LogP contribution in [0.3, 0.4) is 0 Å². The van der Waals surface area contributed by atoms with Crippen molar-refractivity contribution in [2.75, 3.05) is 0 Å². The van der Waals surface area contributed by atoms with E-state index >= 15 is 0 Å². The number of Topliss-reactive ketones (excluding diaryl/α,β-unsaturated/α-hetero) is 1. The second-order valence-electron chi connectivity index (χ2n) is 6.01. The van der Waals surface area contributed by atoms with E-state index in [0.29, 0.717) is 10.6 Å². The maximum atomic E-state index is 12.5. The quantitative estimate of drug-likeness (QED) is 0.436. The Balaban J connectivity index is 2.33. The number of rotatable bonds is 6. The molecule has 0 aliphatic carbocycles. The van der Waals surface area contributed by atoms with Crippen molar-refractivity contribution in [1.82, 2.24) is 0 Å². The molecule has 0 aliphatic heterocycles. The highest BCUT2D eigenvalue weighted by Gasteiger charge is 2.42. The second-order valence-corrected chi connectivity index (χ2v) is 6.44. The fourth-order valence-electron chi connectivity index (χ4n) is 2.53. The minimum Gasteiger partial charge on any atom is -0.294 e. The van der Waals surface area contributed by atoms with E-state index in [9.17, 15) is 14.9 Å². The lowest BCUT2D eigenvalue weighted by molar-refractivity contribution is -0.565. The smallest absolute Gasteiger partial charge is 0.223 e. The highest BCUT2D eigenvalue weighted by Crippen LogP contribution is 2.34. The molecular formula is C18H18ClNO3. The molecule has 0 fully saturated rings. The van der Waals surface area contributed by atoms with Gasteiger partial charge in [-0.15, -0.1) is 0 Å². The molecule has 2 aromatic carbocycles. The molecule has 0 radical (unpaired) electrons. The van der Waals surface area contributed by atoms with Crippen LogP contribution in [0.4, 0.5) is 0 Å². The molecule has 5 heteroatoms. The predicted octanol–water partition coefficient (Wildman–Crippen LogP) is 4.75. The summed E-state index contributed by atoms with van der Waals surface area (Å²) in [6, 6.07) is 15.7. The highest BCUT2D eigenvalue weighted by molar-refractivity contribution is 6.30. The van der Waals surface area contributed by atoms with Gasteiger partial charge in [0.25, 0.3) is 0 Å². The van der Waals surface area contributed by atoms with Crippen LogP contribution in [0, 0.1) is 10.1 Å². The van der Waals surface area contributed by atoms with E-state index in [1.165, 1.54) is 0 Å². The standard InChI is InChI=1S/C18H18ClNO3/c1-18(2,20(22)23)16(13-6-4-3-5-7-13)12-17(21)14-8-10-15(19)11-9-14/h3-11,16H,12H2,1-2H3/t16-/m0/s1. The zero-order valence-electron chi connectivity index (χ0n) is 13.0. The van der Waals surface area contributed by atoms with E-state index in [1.54, 1.807) is 38.1 Å². The Morgan fingerprint density at radius 3 is 2.22 bits per heavy atom. The van der Waals surface area contributed by atoms with Gasteiger partial charge in [-0.2, -0.15) is 0 Å². The van der Waals surface area contributed by atoms with Gasteiger partial charge in [0.05, 0.1) is 5.92 Å². The normalized spacial score (nSPS) is 12.7. The maximum absolute atomic E-state index is 12.5. The number of ketones is 1. The van der Waals surface area contributed by atoms with Crippen LogP contribution in [0.15, 0.2) is 54.6 Å². The van der Waals surface area contributed by atoms with Gasteiger partial charge in [0.2, 0.25) is 5.54 Å². The Morgan fingerprint density at radius 2 is 1.70 bits per heavy atom. The molecule has 2 aromatic rings. The molecule has 2 rings (SSSR count). The van der Waals surface area contributed by atoms with Gasteiger partial charge < -0.3 is 0 Å². The van der Waals surface area contributed by atoms with Crippen LogP contribution < -0.4 is 0 Å². The van der Waals surface area contributed by atoms with Crippen LogP contribution in [0.25, 0.3) is 0 Å². The lowest BCUT2D eigenvalue weighted by atomic mass is 9.78. The number of carbonyl (C=O) groups excluding carboxylic acids is 1. The molecular weight excluding hydrogens is 314 g/mol. The Kier molecular flexibility index (Phi) is 5.16.